The molecule has 0 spiro atoms. The molecule has 7 nitrogen and oxygen atoms in total. The Morgan fingerprint density at radius 2 is 2.05 bits per heavy atom. The van der Waals surface area contributed by atoms with Crippen molar-refractivity contribution in [3.05, 3.63) is 36.2 Å². The van der Waals surface area contributed by atoms with E-state index in [0.717, 1.165) is 5.69 Å². The third-order valence-electron chi connectivity index (χ3n) is 2.71. The van der Waals surface area contributed by atoms with E-state index in [2.05, 4.69) is 20.8 Å². The van der Waals surface area contributed by atoms with E-state index in [9.17, 15) is 4.79 Å². The highest BCUT2D eigenvalue weighted by molar-refractivity contribution is 5.94. The van der Waals surface area contributed by atoms with Crippen LogP contribution in [0.25, 0.3) is 5.69 Å². The fourth-order valence-electron chi connectivity index (χ4n) is 1.48. The number of carbonyl (C=O) groups excluding carboxylic acids is 1. The summed E-state index contributed by atoms with van der Waals surface area (Å²) in [7, 11) is 0. The molecule has 0 saturated heterocycles. The Balaban J connectivity index is 2.13. The maximum atomic E-state index is 12.0. The molecule has 0 saturated carbocycles. The van der Waals surface area contributed by atoms with Crippen LogP contribution in [0.1, 0.15) is 24.2 Å². The van der Waals surface area contributed by atoms with E-state index in [-0.39, 0.29) is 5.91 Å². The fraction of sp³-hybridized carbons (Fsp3) is 0.333. The first-order valence-corrected chi connectivity index (χ1v) is 5.88. The lowest BCUT2D eigenvalue weighted by atomic mass is 10.1. The molecule has 0 aliphatic heterocycles. The Morgan fingerprint density at radius 3 is 2.58 bits per heavy atom. The van der Waals surface area contributed by atoms with Gasteiger partial charge in [-0.2, -0.15) is 0 Å². The number of tetrazole rings is 1. The Labute approximate surface area is 110 Å². The van der Waals surface area contributed by atoms with Gasteiger partial charge in [0.2, 0.25) is 0 Å². The van der Waals surface area contributed by atoms with Crippen LogP contribution in [0, 0.1) is 0 Å². The van der Waals surface area contributed by atoms with Crippen LogP contribution in [0.3, 0.4) is 0 Å². The second kappa shape index (κ2) is 5.15. The summed E-state index contributed by atoms with van der Waals surface area (Å²) in [5.74, 6) is -0.154. The number of nitrogens with two attached hydrogens (primary N) is 1. The molecule has 2 aromatic rings. The van der Waals surface area contributed by atoms with E-state index < -0.39 is 5.54 Å². The number of nitrogens with zero attached hydrogens (tertiary/aromatic N) is 4. The van der Waals surface area contributed by atoms with Gasteiger partial charge in [-0.1, -0.05) is 0 Å². The van der Waals surface area contributed by atoms with E-state index in [0.29, 0.717) is 12.1 Å². The Kier molecular flexibility index (Phi) is 3.57. The summed E-state index contributed by atoms with van der Waals surface area (Å²) in [6.45, 7) is 4.13. The Hall–Kier alpha value is -2.28. The molecule has 0 fully saturated rings. The zero-order valence-corrected chi connectivity index (χ0v) is 10.9. The van der Waals surface area contributed by atoms with Crippen LogP contribution in [-0.4, -0.2) is 38.2 Å². The lowest BCUT2D eigenvalue weighted by Crippen LogP contribution is -2.48. The first-order chi connectivity index (χ1) is 9.02. The van der Waals surface area contributed by atoms with Gasteiger partial charge in [0.25, 0.3) is 5.91 Å². The largest absolute Gasteiger partial charge is 0.346 e. The minimum absolute atomic E-state index is 0.154. The smallest absolute Gasteiger partial charge is 0.251 e. The van der Waals surface area contributed by atoms with E-state index in [1.165, 1.54) is 11.0 Å². The van der Waals surface area contributed by atoms with Crippen LogP contribution in [0.4, 0.5) is 0 Å². The number of benzene rings is 1. The summed E-state index contributed by atoms with van der Waals surface area (Å²) in [5.41, 5.74) is 6.51. The standard InChI is InChI=1S/C12H16N6O/c1-12(2,7-13)15-11(19)9-3-5-10(6-4-9)18-8-14-16-17-18/h3-6,8H,7,13H2,1-2H3,(H,15,19). The van der Waals surface area contributed by atoms with Crippen molar-refractivity contribution in [3.63, 3.8) is 0 Å². The van der Waals surface area contributed by atoms with E-state index in [1.54, 1.807) is 24.3 Å². The SMILES string of the molecule is CC(C)(CN)NC(=O)c1ccc(-n2cnnn2)cc1. The number of aromatic nitrogens is 4. The van der Waals surface area contributed by atoms with Crippen molar-refractivity contribution < 1.29 is 4.79 Å². The zero-order chi connectivity index (χ0) is 13.9. The van der Waals surface area contributed by atoms with E-state index >= 15 is 0 Å². The maximum absolute atomic E-state index is 12.0. The van der Waals surface area contributed by atoms with Crippen LogP contribution in [0.5, 0.6) is 0 Å². The molecule has 0 radical (unpaired) electrons. The van der Waals surface area contributed by atoms with Crippen molar-refractivity contribution in [2.45, 2.75) is 19.4 Å². The van der Waals surface area contributed by atoms with Gasteiger partial charge < -0.3 is 11.1 Å². The average Bonchev–Trinajstić information content (AvgIpc) is 2.92. The highest BCUT2D eigenvalue weighted by Gasteiger charge is 2.19. The molecule has 19 heavy (non-hydrogen) atoms. The molecule has 0 bridgehead atoms. The molecule has 1 aromatic heterocycles. The number of hydrogen-bond acceptors (Lipinski definition) is 5. The molecular weight excluding hydrogens is 244 g/mol. The monoisotopic (exact) mass is 260 g/mol. The quantitative estimate of drug-likeness (QED) is 0.814. The first kappa shape index (κ1) is 13.2. The topological polar surface area (TPSA) is 98.7 Å². The lowest BCUT2D eigenvalue weighted by molar-refractivity contribution is 0.0915. The highest BCUT2D eigenvalue weighted by atomic mass is 16.1. The summed E-state index contributed by atoms with van der Waals surface area (Å²) in [6, 6.07) is 7.00. The van der Waals surface area contributed by atoms with Gasteiger partial charge in [0.1, 0.15) is 6.33 Å². The second-order valence-electron chi connectivity index (χ2n) is 4.84. The summed E-state index contributed by atoms with van der Waals surface area (Å²) < 4.78 is 1.52. The van der Waals surface area contributed by atoms with E-state index in [4.69, 9.17) is 5.73 Å². The van der Waals surface area contributed by atoms with Crippen molar-refractivity contribution in [3.8, 4) is 5.69 Å². The molecule has 1 amide bonds. The van der Waals surface area contributed by atoms with Gasteiger partial charge in [0, 0.05) is 17.6 Å². The molecule has 3 N–H and O–H groups in total. The predicted octanol–water partition coefficient (Wildman–Crippen LogP) is 0.129. The van der Waals surface area contributed by atoms with Gasteiger partial charge in [-0.3, -0.25) is 4.79 Å². The van der Waals surface area contributed by atoms with Gasteiger partial charge in [-0.25, -0.2) is 4.68 Å². The maximum Gasteiger partial charge on any atom is 0.251 e. The number of amides is 1. The molecule has 0 unspecified atom stereocenters. The lowest BCUT2D eigenvalue weighted by Gasteiger charge is -2.24. The van der Waals surface area contributed by atoms with Crippen molar-refractivity contribution in [2.24, 2.45) is 5.73 Å². The number of hydrogen-bond donors (Lipinski definition) is 2. The fourth-order valence-corrected chi connectivity index (χ4v) is 1.48. The molecule has 2 rings (SSSR count). The van der Waals surface area contributed by atoms with Crippen LogP contribution in [0.2, 0.25) is 0 Å². The summed E-state index contributed by atoms with van der Waals surface area (Å²) in [4.78, 5) is 12.0. The zero-order valence-electron chi connectivity index (χ0n) is 10.9. The van der Waals surface area contributed by atoms with Crippen LogP contribution >= 0.6 is 0 Å². The van der Waals surface area contributed by atoms with Gasteiger partial charge in [0.15, 0.2) is 0 Å². The molecular formula is C12H16N6O. The van der Waals surface area contributed by atoms with Gasteiger partial charge in [-0.15, -0.1) is 5.10 Å². The minimum atomic E-state index is -0.425. The Morgan fingerprint density at radius 1 is 1.37 bits per heavy atom. The molecule has 1 heterocycles. The van der Waals surface area contributed by atoms with Crippen molar-refractivity contribution in [2.75, 3.05) is 6.54 Å². The molecule has 7 heteroatoms. The Bertz CT molecular complexity index is 546. The normalized spacial score (nSPS) is 11.3. The van der Waals surface area contributed by atoms with E-state index in [1.807, 2.05) is 13.8 Å². The molecule has 100 valence electrons. The predicted molar refractivity (Wildman–Crippen MR) is 69.8 cm³/mol. The van der Waals surface area contributed by atoms with Crippen LogP contribution in [-0.2, 0) is 0 Å². The van der Waals surface area contributed by atoms with Crippen LogP contribution < -0.4 is 11.1 Å². The number of rotatable bonds is 4. The van der Waals surface area contributed by atoms with Crippen molar-refractivity contribution in [1.29, 1.82) is 0 Å². The molecule has 0 aliphatic carbocycles. The highest BCUT2D eigenvalue weighted by Crippen LogP contribution is 2.09. The van der Waals surface area contributed by atoms with Gasteiger partial charge in [0.05, 0.1) is 5.69 Å². The molecule has 1 aromatic carbocycles. The van der Waals surface area contributed by atoms with Crippen LogP contribution in [0.15, 0.2) is 30.6 Å². The third-order valence-corrected chi connectivity index (χ3v) is 2.71. The van der Waals surface area contributed by atoms with Gasteiger partial charge in [-0.05, 0) is 48.5 Å². The van der Waals surface area contributed by atoms with Crippen molar-refractivity contribution >= 4 is 5.91 Å². The second-order valence-corrected chi connectivity index (χ2v) is 4.84. The molecule has 0 atom stereocenters. The summed E-state index contributed by atoms with van der Waals surface area (Å²) in [5, 5.41) is 13.7. The van der Waals surface area contributed by atoms with Gasteiger partial charge >= 0.3 is 0 Å². The number of carbonyl (C=O) groups is 1. The first-order valence-electron chi connectivity index (χ1n) is 5.88. The summed E-state index contributed by atoms with van der Waals surface area (Å²) >= 11 is 0. The average molecular weight is 260 g/mol. The molecule has 0 aliphatic rings. The third kappa shape index (κ3) is 3.14. The minimum Gasteiger partial charge on any atom is -0.346 e. The number of nitrogens with one attached hydrogen (secondary N) is 1. The summed E-state index contributed by atoms with van der Waals surface area (Å²) in [6.07, 6.45) is 1.49. The van der Waals surface area contributed by atoms with Crippen molar-refractivity contribution in [1.82, 2.24) is 25.5 Å².